The van der Waals surface area contributed by atoms with Crippen LogP contribution in [0.5, 0.6) is 0 Å². The number of primary sulfonamides is 1. The summed E-state index contributed by atoms with van der Waals surface area (Å²) < 4.78 is 49.9. The maximum atomic E-state index is 13.8. The molecule has 1 saturated heterocycles. The fourth-order valence-electron chi connectivity index (χ4n) is 2.44. The number of carbonyl (C=O) groups excluding carboxylic acids is 1. The van der Waals surface area contributed by atoms with E-state index in [9.17, 15) is 22.0 Å². The van der Waals surface area contributed by atoms with E-state index in [4.69, 9.17) is 5.14 Å². The van der Waals surface area contributed by atoms with Gasteiger partial charge in [-0.15, -0.1) is 0 Å². The fraction of sp³-hybridized carbons (Fsp3) is 0.462. The predicted octanol–water partition coefficient (Wildman–Crippen LogP) is 1.63. The summed E-state index contributed by atoms with van der Waals surface area (Å²) in [6.45, 7) is 2.25. The van der Waals surface area contributed by atoms with Gasteiger partial charge >= 0.3 is 0 Å². The molecular formula is C13H16F2N2O3S. The van der Waals surface area contributed by atoms with Gasteiger partial charge in [-0.25, -0.2) is 22.3 Å². The second-order valence-corrected chi connectivity index (χ2v) is 6.72. The summed E-state index contributed by atoms with van der Waals surface area (Å²) >= 11 is 0. The number of amides is 1. The Labute approximate surface area is 121 Å². The van der Waals surface area contributed by atoms with Crippen LogP contribution in [0.4, 0.5) is 8.78 Å². The van der Waals surface area contributed by atoms with Crippen molar-refractivity contribution in [3.8, 4) is 0 Å². The molecule has 0 radical (unpaired) electrons. The minimum Gasteiger partial charge on any atom is -0.336 e. The molecule has 1 fully saturated rings. The van der Waals surface area contributed by atoms with Gasteiger partial charge in [-0.2, -0.15) is 0 Å². The van der Waals surface area contributed by atoms with Crippen molar-refractivity contribution in [3.63, 3.8) is 0 Å². The Bertz CT molecular complexity index is 676. The van der Waals surface area contributed by atoms with Crippen molar-refractivity contribution in [2.75, 3.05) is 6.54 Å². The largest absolute Gasteiger partial charge is 0.336 e. The third-order valence-corrected chi connectivity index (χ3v) is 4.52. The van der Waals surface area contributed by atoms with E-state index < -0.39 is 38.0 Å². The van der Waals surface area contributed by atoms with Gasteiger partial charge in [0, 0.05) is 12.6 Å². The summed E-state index contributed by atoms with van der Waals surface area (Å²) in [4.78, 5) is 13.2. The topological polar surface area (TPSA) is 80.5 Å². The monoisotopic (exact) mass is 318 g/mol. The fourth-order valence-corrected chi connectivity index (χ4v) is 2.99. The minimum absolute atomic E-state index is 0.105. The predicted molar refractivity (Wildman–Crippen MR) is 72.1 cm³/mol. The standard InChI is InChI=1S/C13H16F2N2O3S/c1-8-4-2-3-5-17(8)13(18)10-6-9(21(16,19)20)7-11(14)12(10)15/h6-8H,2-5H2,1H3,(H2,16,19,20). The van der Waals surface area contributed by atoms with Crippen molar-refractivity contribution in [1.82, 2.24) is 4.90 Å². The molecule has 0 saturated carbocycles. The van der Waals surface area contributed by atoms with Crippen molar-refractivity contribution in [2.24, 2.45) is 5.14 Å². The third kappa shape index (κ3) is 3.21. The zero-order valence-corrected chi connectivity index (χ0v) is 12.3. The van der Waals surface area contributed by atoms with Gasteiger partial charge in [0.1, 0.15) is 0 Å². The van der Waals surface area contributed by atoms with E-state index in [2.05, 4.69) is 0 Å². The summed E-state index contributed by atoms with van der Waals surface area (Å²) in [5.74, 6) is -3.48. The van der Waals surface area contributed by atoms with E-state index in [0.717, 1.165) is 25.3 Å². The quantitative estimate of drug-likeness (QED) is 0.900. The molecule has 0 bridgehead atoms. The summed E-state index contributed by atoms with van der Waals surface area (Å²) in [7, 11) is -4.22. The van der Waals surface area contributed by atoms with E-state index in [-0.39, 0.29) is 6.04 Å². The molecule has 21 heavy (non-hydrogen) atoms. The van der Waals surface area contributed by atoms with Gasteiger partial charge in [0.25, 0.3) is 5.91 Å². The number of carbonyl (C=O) groups is 1. The van der Waals surface area contributed by atoms with Crippen LogP contribution in [0.25, 0.3) is 0 Å². The average molecular weight is 318 g/mol. The lowest BCUT2D eigenvalue weighted by Gasteiger charge is -2.33. The zero-order chi connectivity index (χ0) is 15.8. The highest BCUT2D eigenvalue weighted by Crippen LogP contribution is 2.23. The summed E-state index contributed by atoms with van der Waals surface area (Å²) in [5.41, 5.74) is -0.604. The number of nitrogens with two attached hydrogens (primary N) is 1. The van der Waals surface area contributed by atoms with Gasteiger partial charge in [-0.05, 0) is 38.3 Å². The SMILES string of the molecule is CC1CCCCN1C(=O)c1cc(S(N)(=O)=O)cc(F)c1F. The van der Waals surface area contributed by atoms with Gasteiger partial charge in [0.2, 0.25) is 10.0 Å². The molecule has 8 heteroatoms. The Morgan fingerprint density at radius 3 is 2.57 bits per heavy atom. The van der Waals surface area contributed by atoms with Crippen LogP contribution in [-0.2, 0) is 10.0 Å². The number of halogens is 2. The van der Waals surface area contributed by atoms with Crippen molar-refractivity contribution in [3.05, 3.63) is 29.3 Å². The number of hydrogen-bond donors (Lipinski definition) is 1. The molecule has 2 rings (SSSR count). The molecule has 1 unspecified atom stereocenters. The van der Waals surface area contributed by atoms with Crippen LogP contribution in [0.15, 0.2) is 17.0 Å². The Kier molecular flexibility index (Phi) is 4.29. The molecule has 1 aliphatic heterocycles. The van der Waals surface area contributed by atoms with Crippen LogP contribution in [0.2, 0.25) is 0 Å². The number of nitrogens with zero attached hydrogens (tertiary/aromatic N) is 1. The van der Waals surface area contributed by atoms with Gasteiger partial charge < -0.3 is 4.90 Å². The molecular weight excluding hydrogens is 302 g/mol. The van der Waals surface area contributed by atoms with Gasteiger partial charge in [-0.1, -0.05) is 0 Å². The Hall–Kier alpha value is -1.54. The Balaban J connectivity index is 2.47. The van der Waals surface area contributed by atoms with Crippen molar-refractivity contribution < 1.29 is 22.0 Å². The van der Waals surface area contributed by atoms with Gasteiger partial charge in [0.05, 0.1) is 10.5 Å². The smallest absolute Gasteiger partial charge is 0.257 e. The van der Waals surface area contributed by atoms with Crippen LogP contribution in [0.1, 0.15) is 36.5 Å². The van der Waals surface area contributed by atoms with Crippen molar-refractivity contribution in [1.29, 1.82) is 0 Å². The molecule has 1 aromatic rings. The van der Waals surface area contributed by atoms with Crippen LogP contribution in [-0.4, -0.2) is 31.8 Å². The second-order valence-electron chi connectivity index (χ2n) is 5.15. The molecule has 1 amide bonds. The van der Waals surface area contributed by atoms with E-state index in [1.807, 2.05) is 6.92 Å². The minimum atomic E-state index is -4.22. The van der Waals surface area contributed by atoms with Crippen molar-refractivity contribution in [2.45, 2.75) is 37.1 Å². The van der Waals surface area contributed by atoms with E-state index in [1.165, 1.54) is 4.90 Å². The molecule has 1 heterocycles. The molecule has 5 nitrogen and oxygen atoms in total. The summed E-state index contributed by atoms with van der Waals surface area (Å²) in [6, 6.07) is 1.16. The summed E-state index contributed by atoms with van der Waals surface area (Å²) in [6.07, 6.45) is 2.50. The first kappa shape index (κ1) is 15.8. The first-order valence-corrected chi connectivity index (χ1v) is 8.09. The Morgan fingerprint density at radius 2 is 2.00 bits per heavy atom. The normalized spacial score (nSPS) is 19.6. The lowest BCUT2D eigenvalue weighted by Crippen LogP contribution is -2.42. The average Bonchev–Trinajstić information content (AvgIpc) is 2.40. The number of piperidine rings is 1. The molecule has 2 N–H and O–H groups in total. The number of benzene rings is 1. The Morgan fingerprint density at radius 1 is 1.33 bits per heavy atom. The summed E-state index contributed by atoms with van der Waals surface area (Å²) in [5, 5.41) is 4.91. The van der Waals surface area contributed by atoms with Gasteiger partial charge in [0.15, 0.2) is 11.6 Å². The molecule has 1 atom stereocenters. The highest BCUT2D eigenvalue weighted by Gasteiger charge is 2.28. The molecule has 116 valence electrons. The number of rotatable bonds is 2. The second kappa shape index (κ2) is 5.69. The van der Waals surface area contributed by atoms with Crippen LogP contribution >= 0.6 is 0 Å². The highest BCUT2D eigenvalue weighted by molar-refractivity contribution is 7.89. The lowest BCUT2D eigenvalue weighted by atomic mass is 10.0. The van der Waals surface area contributed by atoms with E-state index >= 15 is 0 Å². The van der Waals surface area contributed by atoms with Crippen molar-refractivity contribution >= 4 is 15.9 Å². The number of sulfonamides is 1. The van der Waals surface area contributed by atoms with Crippen LogP contribution in [0.3, 0.4) is 0 Å². The lowest BCUT2D eigenvalue weighted by molar-refractivity contribution is 0.0629. The molecule has 0 aromatic heterocycles. The van der Waals surface area contributed by atoms with Crippen LogP contribution < -0.4 is 5.14 Å². The zero-order valence-electron chi connectivity index (χ0n) is 11.5. The van der Waals surface area contributed by atoms with Gasteiger partial charge in [-0.3, -0.25) is 4.79 Å². The number of likely N-dealkylation sites (tertiary alicyclic amines) is 1. The third-order valence-electron chi connectivity index (χ3n) is 3.62. The van der Waals surface area contributed by atoms with E-state index in [0.29, 0.717) is 12.6 Å². The first-order valence-electron chi connectivity index (χ1n) is 6.54. The first-order chi connectivity index (χ1) is 9.71. The maximum absolute atomic E-state index is 13.8. The van der Waals surface area contributed by atoms with E-state index in [1.54, 1.807) is 0 Å². The highest BCUT2D eigenvalue weighted by atomic mass is 32.2. The van der Waals surface area contributed by atoms with Crippen LogP contribution in [0, 0.1) is 11.6 Å². The molecule has 1 aromatic carbocycles. The maximum Gasteiger partial charge on any atom is 0.257 e. The molecule has 1 aliphatic rings. The molecule has 0 aliphatic carbocycles. The molecule has 0 spiro atoms. The number of hydrogen-bond acceptors (Lipinski definition) is 3.